The van der Waals surface area contributed by atoms with Gasteiger partial charge in [-0.1, -0.05) is 5.22 Å². The van der Waals surface area contributed by atoms with Gasteiger partial charge < -0.3 is 10.7 Å². The van der Waals surface area contributed by atoms with Crippen LogP contribution in [0.15, 0.2) is 10.3 Å². The molecule has 0 saturated heterocycles. The van der Waals surface area contributed by atoms with Gasteiger partial charge in [-0.2, -0.15) is 5.11 Å². The molecular weight excluding hydrogens is 309 g/mol. The highest BCUT2D eigenvalue weighted by Crippen LogP contribution is 1.98. The van der Waals surface area contributed by atoms with Crippen molar-refractivity contribution in [1.82, 2.24) is 13.4 Å². The van der Waals surface area contributed by atoms with Crippen molar-refractivity contribution < 1.29 is 0 Å². The molecule has 0 fully saturated rings. The van der Waals surface area contributed by atoms with Crippen LogP contribution in [-0.4, -0.2) is 54.3 Å². The minimum Gasteiger partial charge on any atom is -0.305 e. The summed E-state index contributed by atoms with van der Waals surface area (Å²) in [5.74, 6) is 10.1. The van der Waals surface area contributed by atoms with E-state index >= 15 is 0 Å². The SMILES string of the molecule is CN(CCNN)CCN(I)CCN=NN. The summed E-state index contributed by atoms with van der Waals surface area (Å²) in [6, 6.07) is 0. The second-order valence-electron chi connectivity index (χ2n) is 3.15. The highest BCUT2D eigenvalue weighted by atomic mass is 127. The van der Waals surface area contributed by atoms with E-state index in [2.05, 4.69) is 53.7 Å². The molecule has 0 aromatic carbocycles. The molecule has 7 nitrogen and oxygen atoms in total. The number of hydrazine groups is 1. The highest BCUT2D eigenvalue weighted by Gasteiger charge is 2.02. The van der Waals surface area contributed by atoms with E-state index in [1.165, 1.54) is 0 Å². The van der Waals surface area contributed by atoms with Crippen molar-refractivity contribution in [2.75, 3.05) is 46.3 Å². The van der Waals surface area contributed by atoms with Crippen molar-refractivity contribution in [3.05, 3.63) is 0 Å². The number of nitrogens with zero attached hydrogens (tertiary/aromatic N) is 4. The first-order chi connectivity index (χ1) is 7.20. The number of nitrogens with two attached hydrogens (primary N) is 2. The van der Waals surface area contributed by atoms with Gasteiger partial charge in [-0.25, -0.2) is 3.11 Å². The first kappa shape index (κ1) is 15.0. The Balaban J connectivity index is 3.39. The highest BCUT2D eigenvalue weighted by molar-refractivity contribution is 14.1. The Morgan fingerprint density at radius 1 is 1.27 bits per heavy atom. The molecule has 0 aliphatic heterocycles. The number of nitrogens with one attached hydrogen (secondary N) is 1. The zero-order valence-corrected chi connectivity index (χ0v) is 11.2. The molecule has 8 heteroatoms. The molecule has 0 heterocycles. The fraction of sp³-hybridized carbons (Fsp3) is 1.00. The summed E-state index contributed by atoms with van der Waals surface area (Å²) in [5.41, 5.74) is 2.63. The Bertz CT molecular complexity index is 165. The quantitative estimate of drug-likeness (QED) is 0.172. The molecule has 15 heavy (non-hydrogen) atoms. The maximum atomic E-state index is 5.19. The van der Waals surface area contributed by atoms with Crippen LogP contribution in [0.5, 0.6) is 0 Å². The summed E-state index contributed by atoms with van der Waals surface area (Å²) < 4.78 is 2.17. The van der Waals surface area contributed by atoms with Gasteiger partial charge in [0.2, 0.25) is 0 Å². The lowest BCUT2D eigenvalue weighted by atomic mass is 10.5. The zero-order chi connectivity index (χ0) is 11.5. The van der Waals surface area contributed by atoms with Gasteiger partial charge in [0.25, 0.3) is 0 Å². The molecule has 0 bridgehead atoms. The summed E-state index contributed by atoms with van der Waals surface area (Å²) >= 11 is 2.28. The molecule has 0 radical (unpaired) electrons. The Labute approximate surface area is 105 Å². The topological polar surface area (TPSA) is 95.3 Å². The number of rotatable bonds is 9. The van der Waals surface area contributed by atoms with Crippen LogP contribution in [-0.2, 0) is 0 Å². The van der Waals surface area contributed by atoms with Gasteiger partial charge in [0.05, 0.1) is 6.54 Å². The van der Waals surface area contributed by atoms with E-state index in [1.54, 1.807) is 0 Å². The molecule has 0 unspecified atom stereocenters. The lowest BCUT2D eigenvalue weighted by Gasteiger charge is -2.19. The lowest BCUT2D eigenvalue weighted by Crippen LogP contribution is -2.36. The fourth-order valence-electron chi connectivity index (χ4n) is 0.969. The van der Waals surface area contributed by atoms with E-state index in [9.17, 15) is 0 Å². The standard InChI is InChI=1S/C7H20IN7/c1-14(4-2-11-9)6-7-15(8)5-3-12-13-10/h11H,2-7,9H2,1H3,(H2,10,12). The number of hydrogen-bond donors (Lipinski definition) is 3. The maximum absolute atomic E-state index is 5.19. The molecule has 0 aromatic rings. The number of hydrogen-bond acceptors (Lipinski definition) is 6. The normalized spacial score (nSPS) is 12.1. The van der Waals surface area contributed by atoms with Crippen molar-refractivity contribution in [1.29, 1.82) is 0 Å². The van der Waals surface area contributed by atoms with E-state index < -0.39 is 0 Å². The third-order valence-corrected chi connectivity index (χ3v) is 2.85. The minimum absolute atomic E-state index is 0.646. The Kier molecular flexibility index (Phi) is 10.5. The number of halogens is 1. The van der Waals surface area contributed by atoms with Gasteiger partial charge in [-0.15, -0.1) is 0 Å². The zero-order valence-electron chi connectivity index (χ0n) is 9.06. The van der Waals surface area contributed by atoms with Crippen LogP contribution in [0.3, 0.4) is 0 Å². The summed E-state index contributed by atoms with van der Waals surface area (Å²) in [6.45, 7) is 5.26. The van der Waals surface area contributed by atoms with E-state index in [0.29, 0.717) is 6.54 Å². The molecule has 0 spiro atoms. The molecule has 0 aliphatic carbocycles. The van der Waals surface area contributed by atoms with Crippen molar-refractivity contribution in [3.8, 4) is 0 Å². The Morgan fingerprint density at radius 3 is 2.60 bits per heavy atom. The third kappa shape index (κ3) is 10.3. The Hall–Kier alpha value is -0.0300. The molecule has 90 valence electrons. The fourth-order valence-corrected chi connectivity index (χ4v) is 1.40. The monoisotopic (exact) mass is 329 g/mol. The van der Waals surface area contributed by atoms with E-state index in [0.717, 1.165) is 32.7 Å². The molecule has 0 saturated carbocycles. The summed E-state index contributed by atoms with van der Waals surface area (Å²) in [6.07, 6.45) is 0. The second-order valence-corrected chi connectivity index (χ2v) is 4.51. The molecule has 0 rings (SSSR count). The summed E-state index contributed by atoms with van der Waals surface area (Å²) in [5, 5.41) is 6.91. The molecule has 5 N–H and O–H groups in total. The van der Waals surface area contributed by atoms with E-state index in [4.69, 9.17) is 11.7 Å². The van der Waals surface area contributed by atoms with Crippen molar-refractivity contribution >= 4 is 22.9 Å². The predicted octanol–water partition coefficient (Wildman–Crippen LogP) is -0.641. The van der Waals surface area contributed by atoms with Gasteiger partial charge in [0.1, 0.15) is 0 Å². The largest absolute Gasteiger partial charge is 0.305 e. The van der Waals surface area contributed by atoms with Crippen molar-refractivity contribution in [3.63, 3.8) is 0 Å². The molecule has 0 amide bonds. The first-order valence-corrected chi connectivity index (χ1v) is 5.76. The smallest absolute Gasteiger partial charge is 0.0755 e. The third-order valence-electron chi connectivity index (χ3n) is 1.89. The maximum Gasteiger partial charge on any atom is 0.0755 e. The van der Waals surface area contributed by atoms with Gasteiger partial charge in [-0.3, -0.25) is 11.3 Å². The van der Waals surface area contributed by atoms with Gasteiger partial charge in [0, 0.05) is 55.6 Å². The van der Waals surface area contributed by atoms with Crippen molar-refractivity contribution in [2.24, 2.45) is 22.0 Å². The van der Waals surface area contributed by atoms with Crippen LogP contribution in [0.4, 0.5) is 0 Å². The summed E-state index contributed by atoms with van der Waals surface area (Å²) in [7, 11) is 2.07. The minimum atomic E-state index is 0.646. The van der Waals surface area contributed by atoms with Crippen LogP contribution in [0.25, 0.3) is 0 Å². The van der Waals surface area contributed by atoms with Crippen molar-refractivity contribution in [2.45, 2.75) is 0 Å². The van der Waals surface area contributed by atoms with Crippen LogP contribution < -0.4 is 17.1 Å². The first-order valence-electron chi connectivity index (χ1n) is 4.80. The van der Waals surface area contributed by atoms with Gasteiger partial charge in [-0.05, 0) is 7.05 Å². The molecule has 0 atom stereocenters. The predicted molar refractivity (Wildman–Crippen MR) is 69.2 cm³/mol. The molecule has 0 aromatic heterocycles. The van der Waals surface area contributed by atoms with E-state index in [-0.39, 0.29) is 0 Å². The summed E-state index contributed by atoms with van der Waals surface area (Å²) in [4.78, 5) is 2.22. The molecule has 0 aliphatic rings. The molecular formula is C7H20IN7. The average molecular weight is 329 g/mol. The van der Waals surface area contributed by atoms with Crippen LogP contribution in [0.1, 0.15) is 0 Å². The van der Waals surface area contributed by atoms with E-state index in [1.807, 2.05) is 0 Å². The van der Waals surface area contributed by atoms with Crippen LogP contribution in [0.2, 0.25) is 0 Å². The lowest BCUT2D eigenvalue weighted by molar-refractivity contribution is 0.310. The van der Waals surface area contributed by atoms with Crippen LogP contribution >= 0.6 is 22.9 Å². The van der Waals surface area contributed by atoms with Gasteiger partial charge >= 0.3 is 0 Å². The van der Waals surface area contributed by atoms with Crippen LogP contribution in [0, 0.1) is 0 Å². The Morgan fingerprint density at radius 2 is 2.00 bits per heavy atom. The average Bonchev–Trinajstić information content (AvgIpc) is 2.24. The second kappa shape index (κ2) is 10.5. The van der Waals surface area contributed by atoms with Gasteiger partial charge in [0.15, 0.2) is 0 Å². The number of likely N-dealkylation sites (N-methyl/N-ethyl adjacent to an activating group) is 1.